The molecule has 15 heavy (non-hydrogen) atoms. The highest BCUT2D eigenvalue weighted by Gasteiger charge is 2.03. The SMILES string of the molecule is COc1cc(C)c(NCCCN)cc1C. The summed E-state index contributed by atoms with van der Waals surface area (Å²) in [6.45, 7) is 5.77. The molecular formula is C12H20N2O. The Hall–Kier alpha value is -1.22. The number of benzene rings is 1. The van der Waals surface area contributed by atoms with Crippen molar-refractivity contribution in [3.05, 3.63) is 23.3 Å². The minimum Gasteiger partial charge on any atom is -0.496 e. The van der Waals surface area contributed by atoms with E-state index in [0.717, 1.165) is 30.8 Å². The van der Waals surface area contributed by atoms with Gasteiger partial charge in [-0.2, -0.15) is 0 Å². The lowest BCUT2D eigenvalue weighted by Gasteiger charge is -2.12. The third-order valence-electron chi connectivity index (χ3n) is 2.44. The molecule has 0 saturated heterocycles. The zero-order valence-corrected chi connectivity index (χ0v) is 9.76. The summed E-state index contributed by atoms with van der Waals surface area (Å²) in [7, 11) is 1.70. The van der Waals surface area contributed by atoms with Gasteiger partial charge in [0.15, 0.2) is 0 Å². The molecule has 3 heteroatoms. The first-order chi connectivity index (χ1) is 7.19. The van der Waals surface area contributed by atoms with E-state index in [9.17, 15) is 0 Å². The molecule has 1 aromatic rings. The van der Waals surface area contributed by atoms with Crippen LogP contribution in [0.25, 0.3) is 0 Å². The van der Waals surface area contributed by atoms with Crippen LogP contribution in [0.2, 0.25) is 0 Å². The number of rotatable bonds is 5. The molecule has 84 valence electrons. The number of methoxy groups -OCH3 is 1. The van der Waals surface area contributed by atoms with Gasteiger partial charge < -0.3 is 15.8 Å². The predicted molar refractivity (Wildman–Crippen MR) is 64.6 cm³/mol. The Kier molecular flexibility index (Phi) is 4.43. The average molecular weight is 208 g/mol. The van der Waals surface area contributed by atoms with Crippen LogP contribution in [0.5, 0.6) is 5.75 Å². The van der Waals surface area contributed by atoms with E-state index in [0.29, 0.717) is 0 Å². The van der Waals surface area contributed by atoms with Crippen molar-refractivity contribution < 1.29 is 4.74 Å². The van der Waals surface area contributed by atoms with Gasteiger partial charge in [0.25, 0.3) is 0 Å². The van der Waals surface area contributed by atoms with Crippen molar-refractivity contribution in [3.8, 4) is 5.75 Å². The van der Waals surface area contributed by atoms with Gasteiger partial charge in [0.05, 0.1) is 7.11 Å². The smallest absolute Gasteiger partial charge is 0.122 e. The minimum absolute atomic E-state index is 0.723. The zero-order chi connectivity index (χ0) is 11.3. The number of ether oxygens (including phenoxy) is 1. The summed E-state index contributed by atoms with van der Waals surface area (Å²) in [6.07, 6.45) is 0.991. The standard InChI is InChI=1S/C12H20N2O/c1-9-8-12(15-3)10(2)7-11(9)14-6-4-5-13/h7-8,14H,4-6,13H2,1-3H3. The second-order valence-electron chi connectivity index (χ2n) is 3.71. The monoisotopic (exact) mass is 208 g/mol. The molecule has 0 aliphatic carbocycles. The van der Waals surface area contributed by atoms with Gasteiger partial charge in [-0.3, -0.25) is 0 Å². The van der Waals surface area contributed by atoms with Crippen LogP contribution in [-0.4, -0.2) is 20.2 Å². The molecule has 0 unspecified atom stereocenters. The largest absolute Gasteiger partial charge is 0.496 e. The lowest BCUT2D eigenvalue weighted by atomic mass is 10.1. The zero-order valence-electron chi connectivity index (χ0n) is 9.76. The van der Waals surface area contributed by atoms with Crippen LogP contribution in [0, 0.1) is 13.8 Å². The molecule has 1 aromatic carbocycles. The molecule has 1 rings (SSSR count). The molecule has 0 aliphatic heterocycles. The van der Waals surface area contributed by atoms with Crippen molar-refractivity contribution in [2.75, 3.05) is 25.5 Å². The van der Waals surface area contributed by atoms with E-state index in [1.54, 1.807) is 7.11 Å². The first kappa shape index (κ1) is 11.9. The first-order valence-corrected chi connectivity index (χ1v) is 5.28. The van der Waals surface area contributed by atoms with E-state index >= 15 is 0 Å². The summed E-state index contributed by atoms with van der Waals surface area (Å²) in [6, 6.07) is 4.17. The van der Waals surface area contributed by atoms with Crippen molar-refractivity contribution >= 4 is 5.69 Å². The molecule has 0 atom stereocenters. The van der Waals surface area contributed by atoms with Crippen molar-refractivity contribution in [2.24, 2.45) is 5.73 Å². The van der Waals surface area contributed by atoms with Crippen LogP contribution in [0.4, 0.5) is 5.69 Å². The molecule has 0 fully saturated rings. The maximum atomic E-state index is 5.45. The summed E-state index contributed by atoms with van der Waals surface area (Å²) < 4.78 is 5.26. The molecule has 0 aliphatic rings. The second-order valence-corrected chi connectivity index (χ2v) is 3.71. The number of nitrogens with one attached hydrogen (secondary N) is 1. The topological polar surface area (TPSA) is 47.3 Å². The lowest BCUT2D eigenvalue weighted by Crippen LogP contribution is -2.09. The van der Waals surface area contributed by atoms with Crippen molar-refractivity contribution in [3.63, 3.8) is 0 Å². The number of hydrogen-bond donors (Lipinski definition) is 2. The Labute approximate surface area is 91.6 Å². The highest BCUT2D eigenvalue weighted by molar-refractivity contribution is 5.56. The van der Waals surface area contributed by atoms with E-state index in [2.05, 4.69) is 24.4 Å². The molecular weight excluding hydrogens is 188 g/mol. The fraction of sp³-hybridized carbons (Fsp3) is 0.500. The highest BCUT2D eigenvalue weighted by Crippen LogP contribution is 2.25. The summed E-state index contributed by atoms with van der Waals surface area (Å²) >= 11 is 0. The fourth-order valence-corrected chi connectivity index (χ4v) is 1.53. The van der Waals surface area contributed by atoms with Gasteiger partial charge >= 0.3 is 0 Å². The Morgan fingerprint density at radius 1 is 1.27 bits per heavy atom. The summed E-state index contributed by atoms with van der Waals surface area (Å²) in [5.74, 6) is 0.942. The third-order valence-corrected chi connectivity index (χ3v) is 2.44. The van der Waals surface area contributed by atoms with Gasteiger partial charge in [0.2, 0.25) is 0 Å². The van der Waals surface area contributed by atoms with Crippen LogP contribution < -0.4 is 15.8 Å². The number of anilines is 1. The van der Waals surface area contributed by atoms with Crippen LogP contribution in [0.1, 0.15) is 17.5 Å². The first-order valence-electron chi connectivity index (χ1n) is 5.28. The Morgan fingerprint density at radius 2 is 2.00 bits per heavy atom. The van der Waals surface area contributed by atoms with Gasteiger partial charge in [0, 0.05) is 12.2 Å². The van der Waals surface area contributed by atoms with Gasteiger partial charge in [0.1, 0.15) is 5.75 Å². The van der Waals surface area contributed by atoms with Crippen molar-refractivity contribution in [2.45, 2.75) is 20.3 Å². The van der Waals surface area contributed by atoms with Crippen molar-refractivity contribution in [1.82, 2.24) is 0 Å². The average Bonchev–Trinajstić information content (AvgIpc) is 2.23. The minimum atomic E-state index is 0.723. The normalized spacial score (nSPS) is 10.1. The molecule has 0 bridgehead atoms. The van der Waals surface area contributed by atoms with Crippen LogP contribution in [0.15, 0.2) is 12.1 Å². The van der Waals surface area contributed by atoms with Gasteiger partial charge in [-0.05, 0) is 50.1 Å². The van der Waals surface area contributed by atoms with Crippen molar-refractivity contribution in [1.29, 1.82) is 0 Å². The number of nitrogens with two attached hydrogens (primary N) is 1. The van der Waals surface area contributed by atoms with E-state index < -0.39 is 0 Å². The number of hydrogen-bond acceptors (Lipinski definition) is 3. The van der Waals surface area contributed by atoms with E-state index in [1.807, 2.05) is 6.92 Å². The molecule has 0 saturated carbocycles. The van der Waals surface area contributed by atoms with E-state index in [-0.39, 0.29) is 0 Å². The van der Waals surface area contributed by atoms with E-state index in [4.69, 9.17) is 10.5 Å². The maximum absolute atomic E-state index is 5.45. The summed E-state index contributed by atoms with van der Waals surface area (Å²) in [5, 5.41) is 3.37. The quantitative estimate of drug-likeness (QED) is 0.728. The van der Waals surface area contributed by atoms with Gasteiger partial charge in [-0.25, -0.2) is 0 Å². The lowest BCUT2D eigenvalue weighted by molar-refractivity contribution is 0.411. The molecule has 0 spiro atoms. The highest BCUT2D eigenvalue weighted by atomic mass is 16.5. The van der Waals surface area contributed by atoms with Gasteiger partial charge in [-0.1, -0.05) is 0 Å². The Balaban J connectivity index is 2.76. The molecule has 3 nitrogen and oxygen atoms in total. The van der Waals surface area contributed by atoms with Crippen LogP contribution in [-0.2, 0) is 0 Å². The third kappa shape index (κ3) is 3.13. The number of aryl methyl sites for hydroxylation is 2. The Bertz CT molecular complexity index is 324. The molecule has 0 heterocycles. The van der Waals surface area contributed by atoms with E-state index in [1.165, 1.54) is 11.3 Å². The van der Waals surface area contributed by atoms with Crippen LogP contribution >= 0.6 is 0 Å². The Morgan fingerprint density at radius 3 is 2.60 bits per heavy atom. The fourth-order valence-electron chi connectivity index (χ4n) is 1.53. The molecule has 3 N–H and O–H groups in total. The second kappa shape index (κ2) is 5.61. The van der Waals surface area contributed by atoms with Crippen LogP contribution in [0.3, 0.4) is 0 Å². The predicted octanol–water partition coefficient (Wildman–Crippen LogP) is 2.07. The molecule has 0 amide bonds. The molecule has 0 aromatic heterocycles. The molecule has 0 radical (unpaired) electrons. The summed E-state index contributed by atoms with van der Waals surface area (Å²) in [4.78, 5) is 0. The van der Waals surface area contributed by atoms with Gasteiger partial charge in [-0.15, -0.1) is 0 Å². The summed E-state index contributed by atoms with van der Waals surface area (Å²) in [5.41, 5.74) is 8.97. The maximum Gasteiger partial charge on any atom is 0.122 e.